The van der Waals surface area contributed by atoms with Gasteiger partial charge in [-0.15, -0.1) is 0 Å². The van der Waals surface area contributed by atoms with Gasteiger partial charge in [-0.2, -0.15) is 0 Å². The molecule has 1 fully saturated rings. The number of hydrogen-bond donors (Lipinski definition) is 0. The molecule has 1 saturated carbocycles. The number of rotatable bonds is 1. The summed E-state index contributed by atoms with van der Waals surface area (Å²) in [6, 6.07) is 17.1. The fourth-order valence-electron chi connectivity index (χ4n) is 3.32. The van der Waals surface area contributed by atoms with Crippen LogP contribution in [0, 0.1) is 5.41 Å². The Morgan fingerprint density at radius 3 is 1.89 bits per heavy atom. The van der Waals surface area contributed by atoms with Crippen molar-refractivity contribution in [2.45, 2.75) is 12.3 Å². The number of fused-ring (bicyclic) bond motifs is 1. The van der Waals surface area contributed by atoms with E-state index in [0.29, 0.717) is 17.5 Å². The van der Waals surface area contributed by atoms with Gasteiger partial charge in [0.25, 0.3) is 0 Å². The minimum atomic E-state index is -0.787. The first-order valence-corrected chi connectivity index (χ1v) is 6.49. The monoisotopic (exact) mass is 248 g/mol. The fraction of sp³-hybridized carbons (Fsp3) is 0.176. The van der Waals surface area contributed by atoms with Crippen LogP contribution in [0.3, 0.4) is 0 Å². The Morgan fingerprint density at radius 2 is 1.32 bits per heavy atom. The van der Waals surface area contributed by atoms with Crippen molar-refractivity contribution in [1.29, 1.82) is 0 Å². The van der Waals surface area contributed by atoms with Crippen molar-refractivity contribution >= 4 is 11.6 Å². The lowest BCUT2D eigenvalue weighted by Crippen LogP contribution is -2.18. The van der Waals surface area contributed by atoms with E-state index in [0.717, 1.165) is 5.56 Å². The van der Waals surface area contributed by atoms with Crippen molar-refractivity contribution in [3.63, 3.8) is 0 Å². The van der Waals surface area contributed by atoms with Crippen molar-refractivity contribution in [1.82, 2.24) is 0 Å². The minimum Gasteiger partial charge on any atom is -0.293 e. The van der Waals surface area contributed by atoms with Gasteiger partial charge in [-0.1, -0.05) is 54.6 Å². The molecule has 0 aromatic heterocycles. The highest BCUT2D eigenvalue weighted by atomic mass is 16.2. The van der Waals surface area contributed by atoms with Crippen LogP contribution in [-0.2, 0) is 0 Å². The maximum absolute atomic E-state index is 12.6. The van der Waals surface area contributed by atoms with Crippen LogP contribution < -0.4 is 0 Å². The number of ketones is 2. The summed E-state index contributed by atoms with van der Waals surface area (Å²) in [5.74, 6) is 0.0880. The summed E-state index contributed by atoms with van der Waals surface area (Å²) in [7, 11) is 0. The molecule has 2 aromatic carbocycles. The van der Waals surface area contributed by atoms with Gasteiger partial charge >= 0.3 is 0 Å². The summed E-state index contributed by atoms with van der Waals surface area (Å²) in [5.41, 5.74) is 1.51. The van der Waals surface area contributed by atoms with Gasteiger partial charge in [0.05, 0.1) is 0 Å². The number of hydrogen-bond acceptors (Lipinski definition) is 2. The number of benzene rings is 2. The highest BCUT2D eigenvalue weighted by molar-refractivity contribution is 6.32. The Balaban J connectivity index is 1.81. The van der Waals surface area contributed by atoms with Crippen LogP contribution in [0.15, 0.2) is 54.6 Å². The summed E-state index contributed by atoms with van der Waals surface area (Å²) < 4.78 is 0. The van der Waals surface area contributed by atoms with Crippen LogP contribution in [0.4, 0.5) is 0 Å². The number of carbonyl (C=O) groups excluding carboxylic acids is 2. The number of Topliss-reactive ketones (excluding diaryl/α,β-unsaturated/α-hetero) is 2. The first-order valence-electron chi connectivity index (χ1n) is 6.49. The average molecular weight is 248 g/mol. The van der Waals surface area contributed by atoms with E-state index in [1.54, 1.807) is 12.1 Å². The summed E-state index contributed by atoms with van der Waals surface area (Å²) in [6.45, 7) is 0. The molecule has 1 atom stereocenters. The van der Waals surface area contributed by atoms with Crippen molar-refractivity contribution < 1.29 is 9.59 Å². The van der Waals surface area contributed by atoms with E-state index in [9.17, 15) is 9.59 Å². The van der Waals surface area contributed by atoms with Crippen LogP contribution in [0.25, 0.3) is 0 Å². The third-order valence-electron chi connectivity index (χ3n) is 4.39. The normalized spacial score (nSPS) is 22.6. The zero-order valence-electron chi connectivity index (χ0n) is 10.3. The zero-order chi connectivity index (χ0) is 13.0. The summed E-state index contributed by atoms with van der Waals surface area (Å²) in [6.07, 6.45) is 0.656. The third kappa shape index (κ3) is 1.21. The minimum absolute atomic E-state index is 0.0157. The topological polar surface area (TPSA) is 34.1 Å². The zero-order valence-corrected chi connectivity index (χ0v) is 10.3. The molecule has 19 heavy (non-hydrogen) atoms. The van der Waals surface area contributed by atoms with E-state index in [2.05, 4.69) is 0 Å². The van der Waals surface area contributed by atoms with E-state index in [1.807, 2.05) is 42.5 Å². The third-order valence-corrected chi connectivity index (χ3v) is 4.39. The molecular weight excluding hydrogens is 236 g/mol. The molecule has 0 radical (unpaired) electrons. The van der Waals surface area contributed by atoms with E-state index < -0.39 is 5.41 Å². The van der Waals surface area contributed by atoms with Gasteiger partial charge < -0.3 is 0 Å². The van der Waals surface area contributed by atoms with E-state index >= 15 is 0 Å². The second-order valence-electron chi connectivity index (χ2n) is 5.34. The smallest absolute Gasteiger partial charge is 0.178 e. The van der Waals surface area contributed by atoms with E-state index in [-0.39, 0.29) is 17.5 Å². The van der Waals surface area contributed by atoms with E-state index in [4.69, 9.17) is 0 Å². The van der Waals surface area contributed by atoms with Crippen molar-refractivity contribution in [2.75, 3.05) is 0 Å². The van der Waals surface area contributed by atoms with Crippen LogP contribution in [0.2, 0.25) is 0 Å². The van der Waals surface area contributed by atoms with Crippen molar-refractivity contribution in [2.24, 2.45) is 5.41 Å². The van der Waals surface area contributed by atoms with Crippen LogP contribution in [0.5, 0.6) is 0 Å². The lowest BCUT2D eigenvalue weighted by atomic mass is 9.94. The molecule has 1 unspecified atom stereocenters. The predicted molar refractivity (Wildman–Crippen MR) is 71.3 cm³/mol. The highest BCUT2D eigenvalue weighted by Crippen LogP contribution is 2.65. The molecule has 0 N–H and O–H groups in total. The molecule has 0 bridgehead atoms. The Labute approximate surface area is 111 Å². The fourth-order valence-corrected chi connectivity index (χ4v) is 3.32. The summed E-state index contributed by atoms with van der Waals surface area (Å²) in [5, 5.41) is 0. The van der Waals surface area contributed by atoms with Crippen molar-refractivity contribution in [3.8, 4) is 0 Å². The second kappa shape index (κ2) is 3.41. The Morgan fingerprint density at radius 1 is 0.789 bits per heavy atom. The maximum Gasteiger partial charge on any atom is 0.178 e. The van der Waals surface area contributed by atoms with Gasteiger partial charge in [-0.3, -0.25) is 9.59 Å². The van der Waals surface area contributed by atoms with Crippen molar-refractivity contribution in [3.05, 3.63) is 71.3 Å². The van der Waals surface area contributed by atoms with Gasteiger partial charge in [0, 0.05) is 17.0 Å². The number of carbonyl (C=O) groups is 2. The van der Waals surface area contributed by atoms with Gasteiger partial charge in [0.2, 0.25) is 0 Å². The Kier molecular flexibility index (Phi) is 1.92. The second-order valence-corrected chi connectivity index (χ2v) is 5.34. The Bertz CT molecular complexity index is 665. The summed E-state index contributed by atoms with van der Waals surface area (Å²) in [4.78, 5) is 25.1. The molecule has 2 aliphatic rings. The Hall–Kier alpha value is -2.22. The molecule has 0 aliphatic heterocycles. The molecule has 0 heterocycles. The van der Waals surface area contributed by atoms with Gasteiger partial charge in [0.15, 0.2) is 11.6 Å². The van der Waals surface area contributed by atoms with Crippen LogP contribution in [0.1, 0.15) is 38.6 Å². The predicted octanol–water partition coefficient (Wildman–Crippen LogP) is 3.24. The standard InChI is InChI=1S/C17H12O2/c18-15-12-8-4-5-9-13(12)16(19)17(15)10-14(17)11-6-2-1-3-7-11/h1-9,14H,10H2. The largest absolute Gasteiger partial charge is 0.293 e. The quantitative estimate of drug-likeness (QED) is 0.726. The highest BCUT2D eigenvalue weighted by Gasteiger charge is 2.68. The first kappa shape index (κ1) is 10.7. The lowest BCUT2D eigenvalue weighted by Gasteiger charge is -2.05. The maximum atomic E-state index is 12.6. The molecule has 2 heteroatoms. The molecule has 1 spiro atoms. The average Bonchev–Trinajstić information content (AvgIpc) is 3.19. The molecule has 2 aromatic rings. The SMILES string of the molecule is O=C1c2ccccc2C(=O)C12CC2c1ccccc1. The van der Waals surface area contributed by atoms with Crippen LogP contribution in [-0.4, -0.2) is 11.6 Å². The van der Waals surface area contributed by atoms with Gasteiger partial charge in [-0.05, 0) is 12.0 Å². The molecule has 0 saturated heterocycles. The first-order chi connectivity index (χ1) is 9.25. The van der Waals surface area contributed by atoms with E-state index in [1.165, 1.54) is 0 Å². The van der Waals surface area contributed by atoms with Gasteiger partial charge in [0.1, 0.15) is 5.41 Å². The molecular formula is C17H12O2. The molecule has 2 aliphatic carbocycles. The summed E-state index contributed by atoms with van der Waals surface area (Å²) >= 11 is 0. The van der Waals surface area contributed by atoms with Gasteiger partial charge in [-0.25, -0.2) is 0 Å². The molecule has 92 valence electrons. The molecule has 2 nitrogen and oxygen atoms in total. The molecule has 0 amide bonds. The lowest BCUT2D eigenvalue weighted by molar-refractivity contribution is 0.0809. The van der Waals surface area contributed by atoms with Crippen LogP contribution >= 0.6 is 0 Å². The molecule has 4 rings (SSSR count).